The smallest absolute Gasteiger partial charge is 0.289 e. The molecule has 0 radical (unpaired) electrons. The van der Waals surface area contributed by atoms with Crippen molar-refractivity contribution in [3.8, 4) is 0 Å². The van der Waals surface area contributed by atoms with Gasteiger partial charge in [-0.2, -0.15) is 4.31 Å². The second-order valence-electron chi connectivity index (χ2n) is 8.54. The van der Waals surface area contributed by atoms with Gasteiger partial charge in [0.25, 0.3) is 5.69 Å². The molecule has 3 rings (SSSR count). The Hall–Kier alpha value is -2.53. The molecule has 1 aromatic rings. The number of piperazine rings is 1. The number of para-hydroxylation sites is 1. The number of amides is 2. The molecule has 32 heavy (non-hydrogen) atoms. The third-order valence-electron chi connectivity index (χ3n) is 6.30. The molecule has 0 aromatic heterocycles. The number of nitro benzene ring substituents is 1. The molecule has 2 fully saturated rings. The Labute approximate surface area is 188 Å². The number of nitrogens with zero attached hydrogens (tertiary/aromatic N) is 3. The van der Waals surface area contributed by atoms with Crippen LogP contribution < -0.4 is 5.32 Å². The van der Waals surface area contributed by atoms with E-state index in [-0.39, 0.29) is 42.3 Å². The summed E-state index contributed by atoms with van der Waals surface area (Å²) in [5.41, 5.74) is -0.471. The molecule has 10 nitrogen and oxygen atoms in total. The highest BCUT2D eigenvalue weighted by Gasteiger charge is 2.40. The van der Waals surface area contributed by atoms with Gasteiger partial charge >= 0.3 is 0 Å². The van der Waals surface area contributed by atoms with Crippen molar-refractivity contribution in [1.82, 2.24) is 14.5 Å². The Morgan fingerprint density at radius 3 is 2.41 bits per heavy atom. The lowest BCUT2D eigenvalue weighted by atomic mass is 9.83. The van der Waals surface area contributed by atoms with Crippen LogP contribution in [0.2, 0.25) is 0 Å². The number of hydrogen-bond acceptors (Lipinski definition) is 6. The number of carbonyl (C=O) groups is 2. The molecule has 1 saturated heterocycles. The van der Waals surface area contributed by atoms with Gasteiger partial charge < -0.3 is 10.2 Å². The van der Waals surface area contributed by atoms with Gasteiger partial charge in [-0.1, -0.05) is 31.4 Å². The van der Waals surface area contributed by atoms with Crippen molar-refractivity contribution in [2.75, 3.05) is 19.6 Å². The van der Waals surface area contributed by atoms with Crippen molar-refractivity contribution in [3.63, 3.8) is 0 Å². The molecule has 2 atom stereocenters. The summed E-state index contributed by atoms with van der Waals surface area (Å²) in [4.78, 5) is 37.0. The van der Waals surface area contributed by atoms with Crippen LogP contribution in [0, 0.1) is 16.0 Å². The van der Waals surface area contributed by atoms with Gasteiger partial charge in [-0.3, -0.25) is 19.7 Å². The number of carbonyl (C=O) groups excluding carboxylic acids is 2. The minimum atomic E-state index is -4.10. The molecule has 176 valence electrons. The van der Waals surface area contributed by atoms with E-state index in [4.69, 9.17) is 0 Å². The Bertz CT molecular complexity index is 976. The number of sulfonamides is 1. The van der Waals surface area contributed by atoms with E-state index < -0.39 is 32.7 Å². The minimum Gasteiger partial charge on any atom is -0.344 e. The highest BCUT2D eigenvalue weighted by Crippen LogP contribution is 2.30. The summed E-state index contributed by atoms with van der Waals surface area (Å²) < 4.78 is 27.4. The second-order valence-corrected chi connectivity index (χ2v) is 10.5. The molecule has 2 amide bonds. The maximum Gasteiger partial charge on any atom is 0.289 e. The maximum absolute atomic E-state index is 13.4. The van der Waals surface area contributed by atoms with Crippen molar-refractivity contribution >= 4 is 27.5 Å². The predicted octanol–water partition coefficient (Wildman–Crippen LogP) is 1.90. The van der Waals surface area contributed by atoms with Crippen LogP contribution in [0.1, 0.15) is 46.0 Å². The van der Waals surface area contributed by atoms with E-state index in [0.29, 0.717) is 0 Å². The predicted molar refractivity (Wildman–Crippen MR) is 117 cm³/mol. The molecular weight excluding hydrogens is 436 g/mol. The van der Waals surface area contributed by atoms with Crippen LogP contribution >= 0.6 is 0 Å². The quantitative estimate of drug-likeness (QED) is 0.503. The third kappa shape index (κ3) is 5.09. The van der Waals surface area contributed by atoms with E-state index in [1.165, 1.54) is 29.4 Å². The molecule has 1 heterocycles. The van der Waals surface area contributed by atoms with Crippen molar-refractivity contribution in [2.24, 2.45) is 5.92 Å². The van der Waals surface area contributed by atoms with Crippen molar-refractivity contribution in [2.45, 2.75) is 62.9 Å². The fraction of sp³-hybridized carbons (Fsp3) is 0.619. The average molecular weight is 467 g/mol. The molecule has 0 unspecified atom stereocenters. The van der Waals surface area contributed by atoms with Crippen LogP contribution in [0.4, 0.5) is 5.69 Å². The molecule has 11 heteroatoms. The monoisotopic (exact) mass is 466 g/mol. The molecule has 0 spiro atoms. The first-order valence-corrected chi connectivity index (χ1v) is 12.4. The summed E-state index contributed by atoms with van der Waals surface area (Å²) in [6.45, 7) is 3.36. The molecule has 1 N–H and O–H groups in total. The van der Waals surface area contributed by atoms with Gasteiger partial charge in [0.05, 0.1) is 4.92 Å². The number of nitrogens with one attached hydrogen (secondary N) is 1. The Morgan fingerprint density at radius 1 is 1.16 bits per heavy atom. The van der Waals surface area contributed by atoms with Gasteiger partial charge in [0.15, 0.2) is 4.90 Å². The van der Waals surface area contributed by atoms with Crippen molar-refractivity contribution in [1.29, 1.82) is 0 Å². The summed E-state index contributed by atoms with van der Waals surface area (Å²) in [6.07, 6.45) is 4.90. The van der Waals surface area contributed by atoms with Gasteiger partial charge in [0, 0.05) is 38.7 Å². The molecule has 2 aliphatic rings. The molecule has 1 aromatic carbocycles. The second kappa shape index (κ2) is 9.95. The fourth-order valence-corrected chi connectivity index (χ4v) is 6.35. The summed E-state index contributed by atoms with van der Waals surface area (Å²) in [6, 6.07) is 4.21. The Balaban J connectivity index is 1.77. The van der Waals surface area contributed by atoms with E-state index in [0.717, 1.165) is 38.2 Å². The molecule has 1 saturated carbocycles. The zero-order chi connectivity index (χ0) is 23.5. The molecule has 0 bridgehead atoms. The third-order valence-corrected chi connectivity index (χ3v) is 8.21. The van der Waals surface area contributed by atoms with Gasteiger partial charge in [-0.25, -0.2) is 8.42 Å². The first-order valence-electron chi connectivity index (χ1n) is 10.9. The average Bonchev–Trinajstić information content (AvgIpc) is 2.77. The number of rotatable bonds is 6. The van der Waals surface area contributed by atoms with Gasteiger partial charge in [0.1, 0.15) is 6.04 Å². The standard InChI is InChI=1S/C21H30N4O6S/c1-15-14-23(32(30,31)19-11-7-6-10-18(19)25(28)29)12-13-24(15)21(27)20(22-16(2)26)17-8-4-3-5-9-17/h6-7,10-11,15,17,20H,3-5,8-9,12-14H2,1-2H3,(H,22,26)/t15-,20+/m1/s1. The summed E-state index contributed by atoms with van der Waals surface area (Å²) in [5, 5.41) is 14.1. The van der Waals surface area contributed by atoms with E-state index in [1.54, 1.807) is 11.8 Å². The zero-order valence-corrected chi connectivity index (χ0v) is 19.2. The first kappa shape index (κ1) is 24.1. The normalized spacial score (nSPS) is 21.7. The lowest BCUT2D eigenvalue weighted by molar-refractivity contribution is -0.387. The topological polar surface area (TPSA) is 130 Å². The lowest BCUT2D eigenvalue weighted by Gasteiger charge is -2.42. The van der Waals surface area contributed by atoms with Gasteiger partial charge in [-0.15, -0.1) is 0 Å². The highest BCUT2D eigenvalue weighted by atomic mass is 32.2. The van der Waals surface area contributed by atoms with E-state index >= 15 is 0 Å². The lowest BCUT2D eigenvalue weighted by Crippen LogP contribution is -2.60. The van der Waals surface area contributed by atoms with Crippen LogP contribution in [0.5, 0.6) is 0 Å². The van der Waals surface area contributed by atoms with Gasteiger partial charge in [-0.05, 0) is 31.7 Å². The molecule has 1 aliphatic heterocycles. The van der Waals surface area contributed by atoms with Crippen LogP contribution in [-0.4, -0.2) is 66.1 Å². The minimum absolute atomic E-state index is 0.0254. The highest BCUT2D eigenvalue weighted by molar-refractivity contribution is 7.89. The van der Waals surface area contributed by atoms with E-state index in [2.05, 4.69) is 5.32 Å². The van der Waals surface area contributed by atoms with Crippen LogP contribution in [0.15, 0.2) is 29.2 Å². The largest absolute Gasteiger partial charge is 0.344 e. The van der Waals surface area contributed by atoms with Crippen molar-refractivity contribution < 1.29 is 22.9 Å². The molecule has 1 aliphatic carbocycles. The van der Waals surface area contributed by atoms with Gasteiger partial charge in [0.2, 0.25) is 21.8 Å². The molecular formula is C21H30N4O6S. The summed E-state index contributed by atoms with van der Waals surface area (Å²) in [7, 11) is -4.10. The van der Waals surface area contributed by atoms with Crippen LogP contribution in [0.3, 0.4) is 0 Å². The van der Waals surface area contributed by atoms with Crippen LogP contribution in [0.25, 0.3) is 0 Å². The Morgan fingerprint density at radius 2 is 1.81 bits per heavy atom. The number of nitro groups is 1. The SMILES string of the molecule is CC(=O)N[C@H](C(=O)N1CCN(S(=O)(=O)c2ccccc2[N+](=O)[O-])C[C@H]1C)C1CCCCC1. The zero-order valence-electron chi connectivity index (χ0n) is 18.4. The Kier molecular flexibility index (Phi) is 7.50. The maximum atomic E-state index is 13.4. The fourth-order valence-electron chi connectivity index (χ4n) is 4.68. The first-order chi connectivity index (χ1) is 15.1. The summed E-state index contributed by atoms with van der Waals surface area (Å²) in [5.74, 6) is -0.386. The number of hydrogen-bond donors (Lipinski definition) is 1. The van der Waals surface area contributed by atoms with Crippen LogP contribution in [-0.2, 0) is 19.6 Å². The number of benzene rings is 1. The van der Waals surface area contributed by atoms with E-state index in [1.807, 2.05) is 0 Å². The van der Waals surface area contributed by atoms with Crippen molar-refractivity contribution in [3.05, 3.63) is 34.4 Å². The summed E-state index contributed by atoms with van der Waals surface area (Å²) >= 11 is 0. The van der Waals surface area contributed by atoms with E-state index in [9.17, 15) is 28.1 Å².